The van der Waals surface area contributed by atoms with Crippen molar-refractivity contribution < 1.29 is 24.5 Å². The number of hydrogen-bond donors (Lipinski definition) is 3. The van der Waals surface area contributed by atoms with E-state index in [1.54, 1.807) is 0 Å². The number of imide groups is 1. The van der Waals surface area contributed by atoms with E-state index in [9.17, 15) is 14.7 Å². The van der Waals surface area contributed by atoms with Gasteiger partial charge in [-0.15, -0.1) is 0 Å². The van der Waals surface area contributed by atoms with Gasteiger partial charge in [0.15, 0.2) is 0 Å². The van der Waals surface area contributed by atoms with Crippen LogP contribution in [0.3, 0.4) is 0 Å². The minimum Gasteiger partial charge on any atom is -0.394 e. The van der Waals surface area contributed by atoms with Gasteiger partial charge < -0.3 is 14.9 Å². The minimum atomic E-state index is -0.827. The van der Waals surface area contributed by atoms with Gasteiger partial charge in [0.1, 0.15) is 6.10 Å². The van der Waals surface area contributed by atoms with Gasteiger partial charge in [-0.1, -0.05) is 0 Å². The first-order chi connectivity index (χ1) is 7.54. The summed E-state index contributed by atoms with van der Waals surface area (Å²) in [5.74, 6) is -1.03. The summed E-state index contributed by atoms with van der Waals surface area (Å²) in [4.78, 5) is 22.6. The maximum atomic E-state index is 11.4. The van der Waals surface area contributed by atoms with E-state index in [-0.39, 0.29) is 23.1 Å². The predicted octanol–water partition coefficient (Wildman–Crippen LogP) is -1.20. The van der Waals surface area contributed by atoms with Gasteiger partial charge in [-0.3, -0.25) is 14.9 Å². The summed E-state index contributed by atoms with van der Waals surface area (Å²) in [6, 6.07) is 0. The first-order valence-electron chi connectivity index (χ1n) is 4.74. The normalized spacial score (nSPS) is 34.8. The molecule has 2 aliphatic heterocycles. The molecule has 1 saturated heterocycles. The molecule has 6 nitrogen and oxygen atoms in total. The van der Waals surface area contributed by atoms with Crippen molar-refractivity contribution in [2.24, 2.45) is 0 Å². The van der Waals surface area contributed by atoms with E-state index in [1.165, 1.54) is 0 Å². The van der Waals surface area contributed by atoms with Gasteiger partial charge in [-0.05, 0) is 15.9 Å². The lowest BCUT2D eigenvalue weighted by atomic mass is 10.1. The van der Waals surface area contributed by atoms with Crippen molar-refractivity contribution in [2.75, 3.05) is 6.61 Å². The zero-order valence-corrected chi connectivity index (χ0v) is 9.73. The number of ether oxygens (including phenoxy) is 1. The van der Waals surface area contributed by atoms with Gasteiger partial charge in [0.25, 0.3) is 11.8 Å². The fraction of sp³-hybridized carbons (Fsp3) is 0.556. The molecule has 7 heteroatoms. The van der Waals surface area contributed by atoms with Crippen LogP contribution in [0.4, 0.5) is 0 Å². The molecule has 2 aliphatic rings. The lowest BCUT2D eigenvalue weighted by Crippen LogP contribution is -2.27. The molecule has 0 spiro atoms. The van der Waals surface area contributed by atoms with Crippen LogP contribution in [0.5, 0.6) is 0 Å². The Balaban J connectivity index is 2.21. The quantitative estimate of drug-likeness (QED) is 0.556. The largest absolute Gasteiger partial charge is 0.394 e. The monoisotopic (exact) mass is 291 g/mol. The number of nitrogens with one attached hydrogen (secondary N) is 1. The Morgan fingerprint density at radius 1 is 1.44 bits per heavy atom. The molecule has 0 bridgehead atoms. The molecule has 3 unspecified atom stereocenters. The Kier molecular flexibility index (Phi) is 3.11. The van der Waals surface area contributed by atoms with Crippen LogP contribution in [0, 0.1) is 0 Å². The molecular weight excluding hydrogens is 282 g/mol. The molecule has 0 aromatic rings. The molecule has 3 atom stereocenters. The second kappa shape index (κ2) is 4.25. The molecule has 0 saturated carbocycles. The summed E-state index contributed by atoms with van der Waals surface area (Å²) in [5, 5.41) is 20.5. The SMILES string of the molecule is O=C1NC(=O)C(C2CC(O)C(CO)O2)=C1Br. The van der Waals surface area contributed by atoms with E-state index >= 15 is 0 Å². The van der Waals surface area contributed by atoms with Crippen molar-refractivity contribution in [2.45, 2.75) is 24.7 Å². The highest BCUT2D eigenvalue weighted by atomic mass is 79.9. The van der Waals surface area contributed by atoms with E-state index in [0.717, 1.165) is 0 Å². The molecule has 16 heavy (non-hydrogen) atoms. The predicted molar refractivity (Wildman–Crippen MR) is 55.5 cm³/mol. The number of amides is 2. The van der Waals surface area contributed by atoms with Crippen LogP contribution in [0.1, 0.15) is 6.42 Å². The third-order valence-electron chi connectivity index (χ3n) is 2.63. The summed E-state index contributed by atoms with van der Waals surface area (Å²) in [6.07, 6.45) is -2.00. The van der Waals surface area contributed by atoms with Crippen LogP contribution in [-0.4, -0.2) is 46.9 Å². The average Bonchev–Trinajstić information content (AvgIpc) is 2.69. The summed E-state index contributed by atoms with van der Waals surface area (Å²) < 4.78 is 5.43. The van der Waals surface area contributed by atoms with E-state index in [1.807, 2.05) is 0 Å². The number of aliphatic hydroxyl groups excluding tert-OH is 2. The van der Waals surface area contributed by atoms with Crippen molar-refractivity contribution in [3.63, 3.8) is 0 Å². The fourth-order valence-electron chi connectivity index (χ4n) is 1.81. The number of aliphatic hydroxyl groups is 2. The molecule has 3 N–H and O–H groups in total. The van der Waals surface area contributed by atoms with Crippen LogP contribution in [0.25, 0.3) is 0 Å². The number of rotatable bonds is 2. The highest BCUT2D eigenvalue weighted by Gasteiger charge is 2.42. The summed E-state index contributed by atoms with van der Waals surface area (Å²) in [5.41, 5.74) is 0.181. The second-order valence-electron chi connectivity index (χ2n) is 3.66. The van der Waals surface area contributed by atoms with Crippen LogP contribution in [-0.2, 0) is 14.3 Å². The van der Waals surface area contributed by atoms with Gasteiger partial charge in [0.2, 0.25) is 0 Å². The Labute approximate surface area is 99.4 Å². The molecule has 2 amide bonds. The van der Waals surface area contributed by atoms with Crippen molar-refractivity contribution in [3.8, 4) is 0 Å². The standard InChI is InChI=1S/C9H10BrNO5/c10-7-6(8(14)11-9(7)15)4-1-3(13)5(2-12)16-4/h3-5,12-13H,1-2H2,(H,11,14,15). The van der Waals surface area contributed by atoms with Crippen molar-refractivity contribution >= 4 is 27.7 Å². The maximum absolute atomic E-state index is 11.4. The van der Waals surface area contributed by atoms with Gasteiger partial charge in [-0.2, -0.15) is 0 Å². The Morgan fingerprint density at radius 2 is 2.12 bits per heavy atom. The molecule has 0 radical (unpaired) electrons. The number of halogens is 1. The molecule has 88 valence electrons. The lowest BCUT2D eigenvalue weighted by molar-refractivity contribution is -0.124. The van der Waals surface area contributed by atoms with Crippen LogP contribution < -0.4 is 5.32 Å². The Hall–Kier alpha value is -0.760. The molecule has 1 fully saturated rings. The third-order valence-corrected chi connectivity index (χ3v) is 3.42. The zero-order valence-electron chi connectivity index (χ0n) is 8.14. The van der Waals surface area contributed by atoms with E-state index < -0.39 is 30.1 Å². The molecule has 0 aromatic carbocycles. The van der Waals surface area contributed by atoms with Crippen molar-refractivity contribution in [1.29, 1.82) is 0 Å². The summed E-state index contributed by atoms with van der Waals surface area (Å²) in [7, 11) is 0. The van der Waals surface area contributed by atoms with Gasteiger partial charge >= 0.3 is 0 Å². The average molecular weight is 292 g/mol. The van der Waals surface area contributed by atoms with Crippen molar-refractivity contribution in [3.05, 3.63) is 10.1 Å². The number of carbonyl (C=O) groups excluding carboxylic acids is 2. The second-order valence-corrected chi connectivity index (χ2v) is 4.45. The highest BCUT2D eigenvalue weighted by Crippen LogP contribution is 2.31. The summed E-state index contributed by atoms with van der Waals surface area (Å²) >= 11 is 3.00. The number of hydrogen-bond acceptors (Lipinski definition) is 5. The van der Waals surface area contributed by atoms with E-state index in [4.69, 9.17) is 9.84 Å². The molecule has 0 aromatic heterocycles. The van der Waals surface area contributed by atoms with Crippen molar-refractivity contribution in [1.82, 2.24) is 5.32 Å². The first-order valence-corrected chi connectivity index (χ1v) is 5.53. The number of carbonyl (C=O) groups is 2. The van der Waals surface area contributed by atoms with Crippen LogP contribution >= 0.6 is 15.9 Å². The van der Waals surface area contributed by atoms with Gasteiger partial charge in [-0.25, -0.2) is 0 Å². The molecule has 0 aliphatic carbocycles. The van der Waals surface area contributed by atoms with E-state index in [2.05, 4.69) is 21.2 Å². The van der Waals surface area contributed by atoms with E-state index in [0.29, 0.717) is 0 Å². The molecule has 2 rings (SSSR count). The van der Waals surface area contributed by atoms with Crippen LogP contribution in [0.15, 0.2) is 10.1 Å². The highest BCUT2D eigenvalue weighted by molar-refractivity contribution is 9.12. The lowest BCUT2D eigenvalue weighted by Gasteiger charge is -2.11. The Bertz CT molecular complexity index is 380. The molecule has 2 heterocycles. The van der Waals surface area contributed by atoms with Crippen LogP contribution in [0.2, 0.25) is 0 Å². The molecular formula is C9H10BrNO5. The minimum absolute atomic E-state index is 0.133. The fourth-order valence-corrected chi connectivity index (χ4v) is 2.35. The first kappa shape index (κ1) is 11.7. The topological polar surface area (TPSA) is 95.9 Å². The zero-order chi connectivity index (χ0) is 11.9. The van der Waals surface area contributed by atoms with Gasteiger partial charge in [0.05, 0.1) is 28.9 Å². The summed E-state index contributed by atoms with van der Waals surface area (Å²) in [6.45, 7) is -0.321. The smallest absolute Gasteiger partial charge is 0.265 e. The Morgan fingerprint density at radius 3 is 2.56 bits per heavy atom. The van der Waals surface area contributed by atoms with Gasteiger partial charge in [0, 0.05) is 6.42 Å². The third kappa shape index (κ3) is 1.80. The maximum Gasteiger partial charge on any atom is 0.265 e.